The fraction of sp³-hybridized carbons (Fsp3) is 0.333. The number of hydrogen-bond acceptors (Lipinski definition) is 4. The molecule has 2 rings (SSSR count). The van der Waals surface area contributed by atoms with E-state index < -0.39 is 0 Å². The summed E-state index contributed by atoms with van der Waals surface area (Å²) in [6.07, 6.45) is 1.64. The number of aryl methyl sites for hydroxylation is 1. The Morgan fingerprint density at radius 1 is 1.38 bits per heavy atom. The van der Waals surface area contributed by atoms with Crippen LogP contribution >= 0.6 is 11.3 Å². The fourth-order valence-electron chi connectivity index (χ4n) is 1.62. The average molecular weight is 233 g/mol. The summed E-state index contributed by atoms with van der Waals surface area (Å²) in [5, 5.41) is 2.08. The van der Waals surface area contributed by atoms with Crippen molar-refractivity contribution >= 4 is 11.3 Å². The van der Waals surface area contributed by atoms with Gasteiger partial charge in [-0.3, -0.25) is 0 Å². The average Bonchev–Trinajstić information content (AvgIpc) is 2.70. The summed E-state index contributed by atoms with van der Waals surface area (Å²) in [6.45, 7) is 2.63. The number of nitrogens with two attached hydrogens (primary N) is 1. The second kappa shape index (κ2) is 5.18. The van der Waals surface area contributed by atoms with E-state index in [1.807, 2.05) is 13.0 Å². The minimum atomic E-state index is 0.634. The summed E-state index contributed by atoms with van der Waals surface area (Å²) in [7, 11) is 0. The van der Waals surface area contributed by atoms with Gasteiger partial charge in [0, 0.05) is 29.1 Å². The number of nitrogens with zero attached hydrogens (tertiary/aromatic N) is 2. The summed E-state index contributed by atoms with van der Waals surface area (Å²) in [5.41, 5.74) is 7.60. The van der Waals surface area contributed by atoms with Gasteiger partial charge < -0.3 is 5.73 Å². The van der Waals surface area contributed by atoms with Crippen molar-refractivity contribution in [1.82, 2.24) is 9.97 Å². The zero-order valence-electron chi connectivity index (χ0n) is 9.31. The molecule has 2 aromatic rings. The van der Waals surface area contributed by atoms with Gasteiger partial charge in [0.2, 0.25) is 0 Å². The third-order valence-corrected chi connectivity index (χ3v) is 3.14. The lowest BCUT2D eigenvalue weighted by Crippen LogP contribution is -2.07. The van der Waals surface area contributed by atoms with Crippen molar-refractivity contribution in [2.45, 2.75) is 19.8 Å². The molecular formula is C12H15N3S. The zero-order chi connectivity index (χ0) is 11.4. The SMILES string of the molecule is Cc1cc(CCN)nc(Cc2cccs2)n1. The van der Waals surface area contributed by atoms with E-state index >= 15 is 0 Å². The molecule has 0 spiro atoms. The van der Waals surface area contributed by atoms with Crippen LogP contribution in [0.4, 0.5) is 0 Å². The van der Waals surface area contributed by atoms with E-state index in [-0.39, 0.29) is 0 Å². The molecule has 2 N–H and O–H groups in total. The standard InChI is InChI=1S/C12H15N3S/c1-9-7-10(4-5-13)15-12(14-9)8-11-3-2-6-16-11/h2-3,6-7H,4-5,8,13H2,1H3. The second-order valence-electron chi connectivity index (χ2n) is 3.71. The first-order valence-electron chi connectivity index (χ1n) is 5.34. The van der Waals surface area contributed by atoms with Gasteiger partial charge in [0.1, 0.15) is 5.82 Å². The summed E-state index contributed by atoms with van der Waals surface area (Å²) >= 11 is 1.74. The number of thiophene rings is 1. The first-order valence-corrected chi connectivity index (χ1v) is 6.22. The van der Waals surface area contributed by atoms with Crippen LogP contribution in [-0.4, -0.2) is 16.5 Å². The van der Waals surface area contributed by atoms with E-state index in [0.717, 1.165) is 30.1 Å². The van der Waals surface area contributed by atoms with Crippen LogP contribution in [0.1, 0.15) is 22.1 Å². The van der Waals surface area contributed by atoms with Crippen LogP contribution in [-0.2, 0) is 12.8 Å². The van der Waals surface area contributed by atoms with Crippen molar-refractivity contribution in [1.29, 1.82) is 0 Å². The highest BCUT2D eigenvalue weighted by Gasteiger charge is 2.03. The van der Waals surface area contributed by atoms with Crippen LogP contribution in [0.5, 0.6) is 0 Å². The molecule has 0 aliphatic heterocycles. The van der Waals surface area contributed by atoms with Gasteiger partial charge in [-0.15, -0.1) is 11.3 Å². The third kappa shape index (κ3) is 2.87. The van der Waals surface area contributed by atoms with Crippen LogP contribution < -0.4 is 5.73 Å². The lowest BCUT2D eigenvalue weighted by Gasteiger charge is -2.04. The smallest absolute Gasteiger partial charge is 0.134 e. The number of hydrogen-bond donors (Lipinski definition) is 1. The summed E-state index contributed by atoms with van der Waals surface area (Å²) in [5.74, 6) is 0.894. The number of rotatable bonds is 4. The van der Waals surface area contributed by atoms with E-state index in [9.17, 15) is 0 Å². The highest BCUT2D eigenvalue weighted by Crippen LogP contribution is 2.13. The number of aromatic nitrogens is 2. The van der Waals surface area contributed by atoms with Crippen molar-refractivity contribution in [3.63, 3.8) is 0 Å². The zero-order valence-corrected chi connectivity index (χ0v) is 10.1. The van der Waals surface area contributed by atoms with Gasteiger partial charge in [-0.05, 0) is 31.0 Å². The predicted octanol–water partition coefficient (Wildman–Crippen LogP) is 1.94. The summed E-state index contributed by atoms with van der Waals surface area (Å²) in [6, 6.07) is 6.17. The lowest BCUT2D eigenvalue weighted by atomic mass is 10.2. The van der Waals surface area contributed by atoms with Crippen LogP contribution in [0, 0.1) is 6.92 Å². The highest BCUT2D eigenvalue weighted by atomic mass is 32.1. The Labute approximate surface area is 99.4 Å². The van der Waals surface area contributed by atoms with Crippen LogP contribution in [0.3, 0.4) is 0 Å². The van der Waals surface area contributed by atoms with E-state index in [1.54, 1.807) is 11.3 Å². The van der Waals surface area contributed by atoms with Gasteiger partial charge in [0.15, 0.2) is 0 Å². The van der Waals surface area contributed by atoms with Crippen molar-refractivity contribution < 1.29 is 0 Å². The molecule has 0 aliphatic rings. The highest BCUT2D eigenvalue weighted by molar-refractivity contribution is 7.09. The van der Waals surface area contributed by atoms with Crippen molar-refractivity contribution in [3.8, 4) is 0 Å². The minimum Gasteiger partial charge on any atom is -0.330 e. The fourth-order valence-corrected chi connectivity index (χ4v) is 2.33. The van der Waals surface area contributed by atoms with Gasteiger partial charge in [-0.25, -0.2) is 9.97 Å². The maximum atomic E-state index is 5.54. The molecule has 0 amide bonds. The van der Waals surface area contributed by atoms with Crippen LogP contribution in [0.25, 0.3) is 0 Å². The normalized spacial score (nSPS) is 10.6. The maximum Gasteiger partial charge on any atom is 0.134 e. The van der Waals surface area contributed by atoms with Gasteiger partial charge >= 0.3 is 0 Å². The maximum absolute atomic E-state index is 5.54. The van der Waals surface area contributed by atoms with Gasteiger partial charge in [-0.1, -0.05) is 6.07 Å². The summed E-state index contributed by atoms with van der Waals surface area (Å²) < 4.78 is 0. The van der Waals surface area contributed by atoms with E-state index in [4.69, 9.17) is 5.73 Å². The third-order valence-electron chi connectivity index (χ3n) is 2.27. The summed E-state index contributed by atoms with van der Waals surface area (Å²) in [4.78, 5) is 10.3. The molecule has 0 unspecified atom stereocenters. The van der Waals surface area contributed by atoms with Gasteiger partial charge in [0.05, 0.1) is 0 Å². The second-order valence-corrected chi connectivity index (χ2v) is 4.74. The van der Waals surface area contributed by atoms with Crippen molar-refractivity contribution in [2.75, 3.05) is 6.54 Å². The lowest BCUT2D eigenvalue weighted by molar-refractivity contribution is 0.857. The molecule has 0 bridgehead atoms. The Hall–Kier alpha value is -1.26. The molecule has 0 aliphatic carbocycles. The molecule has 0 saturated carbocycles. The molecule has 0 radical (unpaired) electrons. The van der Waals surface area contributed by atoms with E-state index in [1.165, 1.54) is 4.88 Å². The molecule has 3 nitrogen and oxygen atoms in total. The monoisotopic (exact) mass is 233 g/mol. The van der Waals surface area contributed by atoms with Crippen molar-refractivity contribution in [3.05, 3.63) is 45.7 Å². The molecule has 2 heterocycles. The van der Waals surface area contributed by atoms with Crippen molar-refractivity contribution in [2.24, 2.45) is 5.73 Å². The topological polar surface area (TPSA) is 51.8 Å². The molecule has 0 aromatic carbocycles. The van der Waals surface area contributed by atoms with Gasteiger partial charge in [0.25, 0.3) is 0 Å². The molecule has 0 atom stereocenters. The van der Waals surface area contributed by atoms with E-state index in [0.29, 0.717) is 6.54 Å². The van der Waals surface area contributed by atoms with Crippen LogP contribution in [0.2, 0.25) is 0 Å². The van der Waals surface area contributed by atoms with E-state index in [2.05, 4.69) is 27.5 Å². The minimum absolute atomic E-state index is 0.634. The van der Waals surface area contributed by atoms with Crippen LogP contribution in [0.15, 0.2) is 23.6 Å². The van der Waals surface area contributed by atoms with Gasteiger partial charge in [-0.2, -0.15) is 0 Å². The Balaban J connectivity index is 2.20. The Morgan fingerprint density at radius 3 is 2.94 bits per heavy atom. The molecule has 0 saturated heterocycles. The quantitative estimate of drug-likeness (QED) is 0.878. The molecular weight excluding hydrogens is 218 g/mol. The Bertz CT molecular complexity index is 451. The largest absolute Gasteiger partial charge is 0.330 e. The molecule has 4 heteroatoms. The molecule has 16 heavy (non-hydrogen) atoms. The molecule has 0 fully saturated rings. The Kier molecular flexibility index (Phi) is 3.64. The first kappa shape index (κ1) is 11.2. The predicted molar refractivity (Wildman–Crippen MR) is 66.7 cm³/mol. The molecule has 84 valence electrons. The molecule has 2 aromatic heterocycles. The Morgan fingerprint density at radius 2 is 2.25 bits per heavy atom. The first-order chi connectivity index (χ1) is 7.78.